The highest BCUT2D eigenvalue weighted by Crippen LogP contribution is 2.50. The largest absolute Gasteiger partial charge is 0.385 e. The van der Waals surface area contributed by atoms with Crippen LogP contribution >= 0.6 is 0 Å². The summed E-state index contributed by atoms with van der Waals surface area (Å²) in [4.78, 5) is 21.9. The lowest BCUT2D eigenvalue weighted by atomic mass is 10.0. The molecule has 0 spiro atoms. The zero-order chi connectivity index (χ0) is 17.7. The number of carbonyl (C=O) groups is 1. The van der Waals surface area contributed by atoms with Crippen LogP contribution in [0.1, 0.15) is 44.2 Å². The summed E-state index contributed by atoms with van der Waals surface area (Å²) in [6.07, 6.45) is 8.09. The molecular formula is C20H31N3O2. The monoisotopic (exact) mass is 345 g/mol. The average molecular weight is 345 g/mol. The Morgan fingerprint density at radius 1 is 1.36 bits per heavy atom. The molecule has 1 aliphatic heterocycles. The number of hydrogen-bond donors (Lipinski definition) is 0. The summed E-state index contributed by atoms with van der Waals surface area (Å²) in [5, 5.41) is 0. The number of hydrogen-bond acceptors (Lipinski definition) is 4. The van der Waals surface area contributed by atoms with Gasteiger partial charge in [0.25, 0.3) is 0 Å². The molecule has 0 N–H and O–H groups in total. The highest BCUT2D eigenvalue weighted by Gasteiger charge is 2.51. The van der Waals surface area contributed by atoms with Crippen molar-refractivity contribution in [3.63, 3.8) is 0 Å². The van der Waals surface area contributed by atoms with Crippen LogP contribution in [0.4, 0.5) is 0 Å². The Kier molecular flexibility index (Phi) is 6.07. The molecule has 2 fully saturated rings. The summed E-state index contributed by atoms with van der Waals surface area (Å²) < 4.78 is 5.20. The van der Waals surface area contributed by atoms with E-state index in [1.54, 1.807) is 7.11 Å². The van der Waals surface area contributed by atoms with Gasteiger partial charge in [-0.05, 0) is 57.7 Å². The van der Waals surface area contributed by atoms with Gasteiger partial charge in [-0.2, -0.15) is 0 Å². The number of methoxy groups -OCH3 is 1. The predicted octanol–water partition coefficient (Wildman–Crippen LogP) is 2.71. The highest BCUT2D eigenvalue weighted by molar-refractivity contribution is 5.85. The number of nitrogens with zero attached hydrogens (tertiary/aromatic N) is 3. The average Bonchev–Trinajstić information content (AvgIpc) is 3.44. The second-order valence-corrected chi connectivity index (χ2v) is 7.64. The van der Waals surface area contributed by atoms with Gasteiger partial charge in [-0.15, -0.1) is 0 Å². The van der Waals surface area contributed by atoms with Gasteiger partial charge in [-0.1, -0.05) is 6.07 Å². The molecule has 25 heavy (non-hydrogen) atoms. The minimum Gasteiger partial charge on any atom is -0.385 e. The molecule has 0 unspecified atom stereocenters. The summed E-state index contributed by atoms with van der Waals surface area (Å²) >= 11 is 0. The molecule has 1 saturated carbocycles. The SMILES string of the molecule is COCCC1(C(=O)N2CCC[C@@H](N(C)Cc3ccccn3)CC2)CC1. The lowest BCUT2D eigenvalue weighted by Gasteiger charge is -2.28. The van der Waals surface area contributed by atoms with E-state index < -0.39 is 0 Å². The Labute approximate surface area is 151 Å². The number of likely N-dealkylation sites (tertiary alicyclic amines) is 1. The number of amides is 1. The van der Waals surface area contributed by atoms with Crippen LogP contribution in [0.3, 0.4) is 0 Å². The summed E-state index contributed by atoms with van der Waals surface area (Å²) in [6, 6.07) is 6.60. The van der Waals surface area contributed by atoms with E-state index in [0.717, 1.165) is 63.9 Å². The first-order valence-corrected chi connectivity index (χ1v) is 9.53. The smallest absolute Gasteiger partial charge is 0.228 e. The van der Waals surface area contributed by atoms with Crippen LogP contribution in [0.25, 0.3) is 0 Å². The van der Waals surface area contributed by atoms with E-state index >= 15 is 0 Å². The van der Waals surface area contributed by atoms with Gasteiger partial charge in [0.05, 0.1) is 11.1 Å². The van der Waals surface area contributed by atoms with Gasteiger partial charge in [-0.25, -0.2) is 0 Å². The molecule has 138 valence electrons. The van der Waals surface area contributed by atoms with Gasteiger partial charge in [0.1, 0.15) is 0 Å². The van der Waals surface area contributed by atoms with Crippen molar-refractivity contribution in [1.29, 1.82) is 0 Å². The van der Waals surface area contributed by atoms with Crippen molar-refractivity contribution in [3.05, 3.63) is 30.1 Å². The summed E-state index contributed by atoms with van der Waals surface area (Å²) in [5.74, 6) is 0.373. The number of aromatic nitrogens is 1. The summed E-state index contributed by atoms with van der Waals surface area (Å²) in [5.41, 5.74) is 1.01. The first-order chi connectivity index (χ1) is 12.1. The number of ether oxygens (including phenoxy) is 1. The van der Waals surface area contributed by atoms with E-state index in [1.807, 2.05) is 18.3 Å². The van der Waals surface area contributed by atoms with Gasteiger partial charge < -0.3 is 9.64 Å². The fourth-order valence-corrected chi connectivity index (χ4v) is 3.95. The van der Waals surface area contributed by atoms with E-state index in [4.69, 9.17) is 4.74 Å². The predicted molar refractivity (Wildman–Crippen MR) is 98.1 cm³/mol. The highest BCUT2D eigenvalue weighted by atomic mass is 16.5. The first kappa shape index (κ1) is 18.3. The van der Waals surface area contributed by atoms with Crippen molar-refractivity contribution < 1.29 is 9.53 Å². The Bertz CT molecular complexity index is 559. The van der Waals surface area contributed by atoms with E-state index in [2.05, 4.69) is 27.9 Å². The Hall–Kier alpha value is -1.46. The van der Waals surface area contributed by atoms with Gasteiger partial charge in [0.15, 0.2) is 0 Å². The van der Waals surface area contributed by atoms with E-state index in [-0.39, 0.29) is 5.41 Å². The van der Waals surface area contributed by atoms with E-state index in [1.165, 1.54) is 0 Å². The zero-order valence-corrected chi connectivity index (χ0v) is 15.6. The number of carbonyl (C=O) groups excluding carboxylic acids is 1. The Morgan fingerprint density at radius 2 is 2.20 bits per heavy atom. The molecule has 1 atom stereocenters. The molecule has 5 nitrogen and oxygen atoms in total. The van der Waals surface area contributed by atoms with Gasteiger partial charge >= 0.3 is 0 Å². The topological polar surface area (TPSA) is 45.7 Å². The maximum atomic E-state index is 13.0. The van der Waals surface area contributed by atoms with Crippen LogP contribution < -0.4 is 0 Å². The molecule has 1 saturated heterocycles. The van der Waals surface area contributed by atoms with Crippen LogP contribution in [-0.4, -0.2) is 60.6 Å². The Morgan fingerprint density at radius 3 is 2.88 bits per heavy atom. The van der Waals surface area contributed by atoms with Gasteiger partial charge in [-0.3, -0.25) is 14.7 Å². The molecule has 2 aliphatic rings. The molecule has 1 amide bonds. The molecule has 1 aromatic heterocycles. The molecule has 0 aromatic carbocycles. The molecule has 1 aliphatic carbocycles. The number of pyridine rings is 1. The third-order valence-corrected chi connectivity index (χ3v) is 5.84. The fraction of sp³-hybridized carbons (Fsp3) is 0.700. The van der Waals surface area contributed by atoms with Crippen LogP contribution in [0.5, 0.6) is 0 Å². The maximum Gasteiger partial charge on any atom is 0.228 e. The summed E-state index contributed by atoms with van der Waals surface area (Å²) in [6.45, 7) is 3.35. The molecule has 3 rings (SSSR count). The van der Waals surface area contributed by atoms with E-state index in [9.17, 15) is 4.79 Å². The first-order valence-electron chi connectivity index (χ1n) is 9.53. The maximum absolute atomic E-state index is 13.0. The van der Waals surface area contributed by atoms with Crippen molar-refractivity contribution >= 4 is 5.91 Å². The molecule has 0 radical (unpaired) electrons. The van der Waals surface area contributed by atoms with Gasteiger partial charge in [0.2, 0.25) is 5.91 Å². The number of rotatable bonds is 7. The summed E-state index contributed by atoms with van der Waals surface area (Å²) in [7, 11) is 3.90. The zero-order valence-electron chi connectivity index (χ0n) is 15.6. The van der Waals surface area contributed by atoms with Crippen LogP contribution in [0.2, 0.25) is 0 Å². The minimum absolute atomic E-state index is 0.101. The minimum atomic E-state index is -0.101. The van der Waals surface area contributed by atoms with Crippen LogP contribution in [0, 0.1) is 5.41 Å². The van der Waals surface area contributed by atoms with Crippen molar-refractivity contribution in [2.24, 2.45) is 5.41 Å². The molecule has 1 aromatic rings. The normalized spacial score (nSPS) is 22.7. The van der Waals surface area contributed by atoms with E-state index in [0.29, 0.717) is 18.6 Å². The van der Waals surface area contributed by atoms with Crippen molar-refractivity contribution in [2.45, 2.75) is 51.1 Å². The third kappa shape index (κ3) is 4.59. The standard InChI is InChI=1S/C20H31N3O2/c1-22(16-17-6-3-4-12-21-17)18-7-5-13-23(14-8-18)19(24)20(9-10-20)11-15-25-2/h3-4,6,12,18H,5,7-11,13-16H2,1-2H3/t18-/m1/s1. The quantitative estimate of drug-likeness (QED) is 0.762. The van der Waals surface area contributed by atoms with Gasteiger partial charge in [0, 0.05) is 45.6 Å². The van der Waals surface area contributed by atoms with Crippen molar-refractivity contribution in [3.8, 4) is 0 Å². The van der Waals surface area contributed by atoms with Crippen molar-refractivity contribution in [2.75, 3.05) is 33.9 Å². The lowest BCUT2D eigenvalue weighted by Crippen LogP contribution is -2.39. The lowest BCUT2D eigenvalue weighted by molar-refractivity contribution is -0.137. The second kappa shape index (κ2) is 8.28. The Balaban J connectivity index is 1.52. The van der Waals surface area contributed by atoms with Crippen molar-refractivity contribution in [1.82, 2.24) is 14.8 Å². The second-order valence-electron chi connectivity index (χ2n) is 7.64. The molecule has 0 bridgehead atoms. The molecule has 5 heteroatoms. The van der Waals surface area contributed by atoms with Crippen LogP contribution in [0.15, 0.2) is 24.4 Å². The third-order valence-electron chi connectivity index (χ3n) is 5.84. The fourth-order valence-electron chi connectivity index (χ4n) is 3.95. The molecule has 2 heterocycles. The molecular weight excluding hydrogens is 314 g/mol. The van der Waals surface area contributed by atoms with Crippen LogP contribution in [-0.2, 0) is 16.1 Å².